The molecule has 2 fully saturated rings. The molecule has 0 radical (unpaired) electrons. The lowest BCUT2D eigenvalue weighted by Crippen LogP contribution is -2.37. The molecule has 1 aliphatic heterocycles. The molecule has 104 valence electrons. The molecule has 0 aromatic heterocycles. The number of carbonyl (C=O) groups excluding carboxylic acids is 2. The number of unbranched alkanes of at least 4 members (excludes halogenated alkanes) is 1. The number of hydrogen-bond donors (Lipinski definition) is 0. The predicted octanol–water partition coefficient (Wildman–Crippen LogP) is 2.35. The van der Waals surface area contributed by atoms with Crippen LogP contribution >= 0.6 is 0 Å². The topological polar surface area (TPSA) is 61.2 Å². The van der Waals surface area contributed by atoms with Crippen molar-refractivity contribution in [2.24, 2.45) is 22.7 Å². The zero-order chi connectivity index (χ0) is 14.4. The summed E-state index contributed by atoms with van der Waals surface area (Å²) in [4.78, 5) is 25.6. The van der Waals surface area contributed by atoms with Crippen LogP contribution in [0.25, 0.3) is 0 Å². The molecule has 2 rings (SSSR count). The monoisotopic (exact) mass is 262 g/mol. The third kappa shape index (κ3) is 2.27. The number of likely N-dealkylation sites (tertiary alicyclic amines) is 1. The molecule has 0 aromatic rings. The van der Waals surface area contributed by atoms with Crippen molar-refractivity contribution in [1.29, 1.82) is 5.26 Å². The van der Waals surface area contributed by atoms with E-state index in [0.29, 0.717) is 6.54 Å². The number of piperidine rings is 1. The van der Waals surface area contributed by atoms with Gasteiger partial charge in [0.1, 0.15) is 0 Å². The molecule has 4 heteroatoms. The maximum atomic E-state index is 12.1. The van der Waals surface area contributed by atoms with Crippen molar-refractivity contribution in [2.45, 2.75) is 47.0 Å². The zero-order valence-electron chi connectivity index (χ0n) is 12.2. The van der Waals surface area contributed by atoms with Gasteiger partial charge in [0.05, 0.1) is 23.3 Å². The van der Waals surface area contributed by atoms with E-state index in [1.54, 1.807) is 0 Å². The van der Waals surface area contributed by atoms with Crippen LogP contribution in [0.15, 0.2) is 0 Å². The van der Waals surface area contributed by atoms with Gasteiger partial charge < -0.3 is 0 Å². The Hall–Kier alpha value is -1.37. The minimum atomic E-state index is -0.316. The predicted molar refractivity (Wildman–Crippen MR) is 70.7 cm³/mol. The third-order valence-corrected chi connectivity index (χ3v) is 4.63. The fourth-order valence-corrected chi connectivity index (χ4v) is 3.12. The van der Waals surface area contributed by atoms with Crippen molar-refractivity contribution < 1.29 is 9.59 Å². The number of nitrogens with zero attached hydrogens (tertiary/aromatic N) is 2. The molecule has 1 saturated carbocycles. The van der Waals surface area contributed by atoms with Crippen molar-refractivity contribution in [3.8, 4) is 6.07 Å². The number of rotatable bonds is 5. The van der Waals surface area contributed by atoms with Crippen LogP contribution in [0.2, 0.25) is 0 Å². The fourth-order valence-electron chi connectivity index (χ4n) is 3.12. The molecule has 2 amide bonds. The highest BCUT2D eigenvalue weighted by Crippen LogP contribution is 2.63. The number of carbonyl (C=O) groups is 2. The number of hydrogen-bond acceptors (Lipinski definition) is 3. The highest BCUT2D eigenvalue weighted by molar-refractivity contribution is 6.10. The first-order chi connectivity index (χ1) is 8.72. The molecule has 19 heavy (non-hydrogen) atoms. The molecular weight excluding hydrogens is 240 g/mol. The van der Waals surface area contributed by atoms with E-state index in [1.165, 1.54) is 4.90 Å². The third-order valence-electron chi connectivity index (χ3n) is 4.63. The van der Waals surface area contributed by atoms with E-state index < -0.39 is 0 Å². The fraction of sp³-hybridized carbons (Fsp3) is 0.800. The lowest BCUT2D eigenvalue weighted by atomic mass is 9.89. The Morgan fingerprint density at radius 1 is 1.21 bits per heavy atom. The summed E-state index contributed by atoms with van der Waals surface area (Å²) in [7, 11) is 0. The van der Waals surface area contributed by atoms with Crippen LogP contribution in [0, 0.1) is 34.0 Å². The summed E-state index contributed by atoms with van der Waals surface area (Å²) in [6.45, 7) is 8.33. The summed E-state index contributed by atoms with van der Waals surface area (Å²) in [5.41, 5.74) is -0.434. The molecule has 0 bridgehead atoms. The molecule has 2 aliphatic rings. The van der Waals surface area contributed by atoms with Gasteiger partial charge in [0, 0.05) is 6.54 Å². The summed E-state index contributed by atoms with van der Waals surface area (Å²) in [5, 5.41) is 8.92. The molecule has 1 saturated heterocycles. The van der Waals surface area contributed by atoms with Gasteiger partial charge in [-0.2, -0.15) is 5.26 Å². The van der Waals surface area contributed by atoms with Crippen LogP contribution in [0.3, 0.4) is 0 Å². The molecule has 0 N–H and O–H groups in total. The van der Waals surface area contributed by atoms with E-state index in [2.05, 4.69) is 6.07 Å². The summed E-state index contributed by atoms with van der Waals surface area (Å²) in [5.74, 6) is -0.120. The lowest BCUT2D eigenvalue weighted by Gasteiger charge is -2.21. The molecular formula is C15H22N2O2. The van der Waals surface area contributed by atoms with Crippen LogP contribution in [-0.2, 0) is 9.59 Å². The van der Waals surface area contributed by atoms with E-state index in [4.69, 9.17) is 5.26 Å². The van der Waals surface area contributed by atoms with Crippen LogP contribution < -0.4 is 0 Å². The maximum Gasteiger partial charge on any atom is 0.233 e. The first-order valence-electron chi connectivity index (χ1n) is 6.99. The first-order valence-corrected chi connectivity index (χ1v) is 6.99. The Labute approximate surface area is 114 Å². The lowest BCUT2D eigenvalue weighted by molar-refractivity contribution is -0.143. The van der Waals surface area contributed by atoms with Crippen LogP contribution in [-0.4, -0.2) is 23.3 Å². The molecule has 2 atom stereocenters. The van der Waals surface area contributed by atoms with E-state index >= 15 is 0 Å². The Kier molecular flexibility index (Phi) is 3.20. The first kappa shape index (κ1) is 14.0. The second-order valence-corrected chi connectivity index (χ2v) is 7.06. The van der Waals surface area contributed by atoms with E-state index in [9.17, 15) is 9.59 Å². The number of amides is 2. The average Bonchev–Trinajstić information content (AvgIpc) is 2.79. The van der Waals surface area contributed by atoms with Gasteiger partial charge in [-0.3, -0.25) is 14.5 Å². The second kappa shape index (κ2) is 4.33. The van der Waals surface area contributed by atoms with Gasteiger partial charge in [-0.25, -0.2) is 0 Å². The number of nitriles is 1. The summed E-state index contributed by atoms with van der Waals surface area (Å²) in [6.07, 6.45) is 2.47. The van der Waals surface area contributed by atoms with Gasteiger partial charge in [-0.1, -0.05) is 20.3 Å². The standard InChI is InChI=1S/C15H22N2O2/c1-14(2,9-16)7-5-6-8-17-12(18)10-11(13(17)19)15(10,3)4/h10-11H,5-8H2,1-4H3. The zero-order valence-corrected chi connectivity index (χ0v) is 12.2. The molecule has 4 nitrogen and oxygen atoms in total. The Morgan fingerprint density at radius 2 is 1.74 bits per heavy atom. The normalized spacial score (nSPS) is 28.3. The molecule has 1 heterocycles. The van der Waals surface area contributed by atoms with Gasteiger partial charge in [0.2, 0.25) is 11.8 Å². The Bertz CT molecular complexity index is 435. The summed E-state index contributed by atoms with van der Waals surface area (Å²) >= 11 is 0. The van der Waals surface area contributed by atoms with E-state index in [0.717, 1.165) is 19.3 Å². The van der Waals surface area contributed by atoms with Gasteiger partial charge in [0.25, 0.3) is 0 Å². The number of imide groups is 1. The van der Waals surface area contributed by atoms with Crippen LogP contribution in [0.1, 0.15) is 47.0 Å². The minimum Gasteiger partial charge on any atom is -0.282 e. The summed E-state index contributed by atoms with van der Waals surface area (Å²) < 4.78 is 0. The van der Waals surface area contributed by atoms with Gasteiger partial charge in [0.15, 0.2) is 0 Å². The van der Waals surface area contributed by atoms with Crippen LogP contribution in [0.4, 0.5) is 0 Å². The Morgan fingerprint density at radius 3 is 2.21 bits per heavy atom. The SMILES string of the molecule is CC(C)(C#N)CCCCN1C(=O)C2C(C1=O)C2(C)C. The van der Waals surface area contributed by atoms with Crippen molar-refractivity contribution in [3.05, 3.63) is 0 Å². The highest BCUT2D eigenvalue weighted by Gasteiger charge is 2.72. The largest absolute Gasteiger partial charge is 0.282 e. The van der Waals surface area contributed by atoms with Crippen molar-refractivity contribution in [3.63, 3.8) is 0 Å². The average molecular weight is 262 g/mol. The van der Waals surface area contributed by atoms with Gasteiger partial charge in [-0.05, 0) is 32.1 Å². The van der Waals surface area contributed by atoms with Crippen molar-refractivity contribution in [2.75, 3.05) is 6.54 Å². The molecule has 1 aliphatic carbocycles. The highest BCUT2D eigenvalue weighted by atomic mass is 16.2. The minimum absolute atomic E-state index is 0.0135. The van der Waals surface area contributed by atoms with Gasteiger partial charge in [-0.15, -0.1) is 0 Å². The number of fused-ring (bicyclic) bond motifs is 1. The maximum absolute atomic E-state index is 12.1. The summed E-state index contributed by atoms with van der Waals surface area (Å²) in [6, 6.07) is 2.26. The van der Waals surface area contributed by atoms with Crippen molar-refractivity contribution >= 4 is 11.8 Å². The quantitative estimate of drug-likeness (QED) is 0.564. The molecule has 0 aromatic carbocycles. The van der Waals surface area contributed by atoms with E-state index in [-0.39, 0.29) is 34.5 Å². The smallest absolute Gasteiger partial charge is 0.233 e. The Balaban J connectivity index is 1.79. The van der Waals surface area contributed by atoms with Gasteiger partial charge >= 0.3 is 0 Å². The molecule has 0 spiro atoms. The second-order valence-electron chi connectivity index (χ2n) is 7.06. The van der Waals surface area contributed by atoms with Crippen LogP contribution in [0.5, 0.6) is 0 Å². The van der Waals surface area contributed by atoms with Crippen molar-refractivity contribution in [1.82, 2.24) is 4.90 Å². The van der Waals surface area contributed by atoms with E-state index in [1.807, 2.05) is 27.7 Å². The molecule has 2 unspecified atom stereocenters.